The highest BCUT2D eigenvalue weighted by Gasteiger charge is 2.31. The van der Waals surface area contributed by atoms with Gasteiger partial charge in [-0.1, -0.05) is 11.6 Å². The van der Waals surface area contributed by atoms with Crippen molar-refractivity contribution in [2.75, 3.05) is 0 Å². The van der Waals surface area contributed by atoms with E-state index in [-0.39, 0.29) is 17.0 Å². The van der Waals surface area contributed by atoms with E-state index in [1.54, 1.807) is 4.57 Å². The number of imidazole rings is 1. The van der Waals surface area contributed by atoms with Gasteiger partial charge in [0.15, 0.2) is 4.77 Å². The summed E-state index contributed by atoms with van der Waals surface area (Å²) in [6.07, 6.45) is 0.378. The maximum Gasteiger partial charge on any atom is 0.223 e. The number of hydrogen-bond acceptors (Lipinski definition) is 2. The molecule has 116 valence electrons. The van der Waals surface area contributed by atoms with Gasteiger partial charge in [-0.15, -0.1) is 0 Å². The Morgan fingerprint density at radius 3 is 2.91 bits per heavy atom. The molecule has 8 heteroatoms. The van der Waals surface area contributed by atoms with Crippen molar-refractivity contribution in [2.24, 2.45) is 5.73 Å². The average Bonchev–Trinajstić information content (AvgIpc) is 2.97. The molecule has 0 saturated heterocycles. The second-order valence-electron chi connectivity index (χ2n) is 5.27. The van der Waals surface area contributed by atoms with Gasteiger partial charge in [0, 0.05) is 29.4 Å². The van der Waals surface area contributed by atoms with Crippen LogP contribution in [-0.2, 0) is 24.2 Å². The van der Waals surface area contributed by atoms with Gasteiger partial charge in [0.25, 0.3) is 0 Å². The fourth-order valence-electron chi connectivity index (χ4n) is 2.93. The summed E-state index contributed by atoms with van der Waals surface area (Å²) >= 11 is 10.9. The van der Waals surface area contributed by atoms with E-state index in [0.29, 0.717) is 23.4 Å². The monoisotopic (exact) mass is 343 g/mol. The number of primary amides is 1. The van der Waals surface area contributed by atoms with Gasteiger partial charge in [-0.05, 0) is 30.8 Å². The summed E-state index contributed by atoms with van der Waals surface area (Å²) < 4.78 is 30.3. The molecule has 1 aromatic carbocycles. The number of hydrogen-bond donors (Lipinski definition) is 2. The number of fused-ring (bicyclic) bond motifs is 1. The highest BCUT2D eigenvalue weighted by Crippen LogP contribution is 2.36. The molecule has 1 aliphatic heterocycles. The summed E-state index contributed by atoms with van der Waals surface area (Å²) in [6, 6.07) is 2.34. The zero-order valence-electron chi connectivity index (χ0n) is 11.3. The van der Waals surface area contributed by atoms with Crippen LogP contribution in [0, 0.1) is 16.4 Å². The number of nitrogens with two attached hydrogens (primary N) is 1. The number of carbonyl (C=O) groups is 1. The van der Waals surface area contributed by atoms with Crippen LogP contribution in [0.2, 0.25) is 5.02 Å². The summed E-state index contributed by atoms with van der Waals surface area (Å²) in [5.41, 5.74) is 6.51. The molecule has 3 rings (SSSR count). The molecular formula is C14H12ClF2N3OS. The number of nitrogens with one attached hydrogen (secondary N) is 1. The molecule has 2 aromatic rings. The van der Waals surface area contributed by atoms with Crippen molar-refractivity contribution >= 4 is 29.7 Å². The zero-order valence-corrected chi connectivity index (χ0v) is 12.9. The van der Waals surface area contributed by atoms with Crippen LogP contribution >= 0.6 is 23.8 Å². The lowest BCUT2D eigenvalue weighted by Crippen LogP contribution is -2.15. The predicted molar refractivity (Wildman–Crippen MR) is 80.3 cm³/mol. The maximum atomic E-state index is 14.2. The number of carbonyl (C=O) groups excluding carboxylic acids is 1. The van der Waals surface area contributed by atoms with Crippen molar-refractivity contribution in [3.8, 4) is 0 Å². The Morgan fingerprint density at radius 2 is 2.23 bits per heavy atom. The van der Waals surface area contributed by atoms with Crippen molar-refractivity contribution in [1.29, 1.82) is 0 Å². The molecule has 1 amide bonds. The number of rotatable bonds is 3. The molecule has 0 aliphatic carbocycles. The number of benzene rings is 1. The second-order valence-corrected chi connectivity index (χ2v) is 6.06. The van der Waals surface area contributed by atoms with Crippen molar-refractivity contribution < 1.29 is 13.6 Å². The summed E-state index contributed by atoms with van der Waals surface area (Å²) in [6.45, 7) is 0.331. The number of H-pyrrole nitrogens is 1. The molecule has 0 spiro atoms. The topological polar surface area (TPSA) is 63.8 Å². The summed E-state index contributed by atoms with van der Waals surface area (Å²) in [5.74, 6) is -2.30. The van der Waals surface area contributed by atoms with Gasteiger partial charge in [0.2, 0.25) is 5.91 Å². The number of amides is 1. The minimum atomic E-state index is -0.747. The highest BCUT2D eigenvalue weighted by molar-refractivity contribution is 7.71. The third-order valence-corrected chi connectivity index (χ3v) is 4.47. The number of aromatic nitrogens is 2. The Balaban J connectivity index is 2.01. The molecule has 0 bridgehead atoms. The summed E-state index contributed by atoms with van der Waals surface area (Å²) in [4.78, 5) is 14.0. The summed E-state index contributed by atoms with van der Waals surface area (Å²) in [5, 5.41) is -0.115. The molecule has 0 fully saturated rings. The van der Waals surface area contributed by atoms with Crippen LogP contribution in [-0.4, -0.2) is 15.5 Å². The predicted octanol–water partition coefficient (Wildman–Crippen LogP) is 2.84. The molecule has 1 aromatic heterocycles. The lowest BCUT2D eigenvalue weighted by atomic mass is 9.95. The van der Waals surface area contributed by atoms with Crippen molar-refractivity contribution in [3.63, 3.8) is 0 Å². The van der Waals surface area contributed by atoms with Crippen LogP contribution in [0.4, 0.5) is 8.78 Å². The Hall–Kier alpha value is -1.73. The Kier molecular flexibility index (Phi) is 3.78. The number of nitrogens with zero attached hydrogens (tertiary/aromatic N) is 1. The molecule has 0 saturated carbocycles. The third kappa shape index (κ3) is 2.44. The molecular weight excluding hydrogens is 332 g/mol. The van der Waals surface area contributed by atoms with Gasteiger partial charge in [-0.2, -0.15) is 0 Å². The molecule has 4 nitrogen and oxygen atoms in total. The molecule has 22 heavy (non-hydrogen) atoms. The Bertz CT molecular complexity index is 830. The summed E-state index contributed by atoms with van der Waals surface area (Å²) in [7, 11) is 0. The first kappa shape index (κ1) is 15.2. The quantitative estimate of drug-likeness (QED) is 0.665. The van der Waals surface area contributed by atoms with Crippen molar-refractivity contribution in [1.82, 2.24) is 9.55 Å². The van der Waals surface area contributed by atoms with Crippen LogP contribution in [0.5, 0.6) is 0 Å². The van der Waals surface area contributed by atoms with E-state index in [4.69, 9.17) is 29.6 Å². The minimum absolute atomic E-state index is 0.0131. The SMILES string of the molecule is NC(=O)Cc1[nH]c(=S)n2c1C[C@@H](c1c(F)ccc(Cl)c1F)C2. The van der Waals surface area contributed by atoms with Gasteiger partial charge >= 0.3 is 0 Å². The van der Waals surface area contributed by atoms with E-state index < -0.39 is 23.5 Å². The van der Waals surface area contributed by atoms with Crippen molar-refractivity contribution in [2.45, 2.75) is 25.3 Å². The van der Waals surface area contributed by atoms with Crippen LogP contribution < -0.4 is 5.73 Å². The van der Waals surface area contributed by atoms with Crippen molar-refractivity contribution in [3.05, 3.63) is 50.5 Å². The Morgan fingerprint density at radius 1 is 1.50 bits per heavy atom. The largest absolute Gasteiger partial charge is 0.369 e. The fraction of sp³-hybridized carbons (Fsp3) is 0.286. The number of halogens is 3. The van der Waals surface area contributed by atoms with Crippen LogP contribution in [0.3, 0.4) is 0 Å². The first-order valence-corrected chi connectivity index (χ1v) is 7.39. The normalized spacial score (nSPS) is 16.8. The van der Waals surface area contributed by atoms with Crippen LogP contribution in [0.15, 0.2) is 12.1 Å². The lowest BCUT2D eigenvalue weighted by Gasteiger charge is -2.13. The van der Waals surface area contributed by atoms with Gasteiger partial charge in [-0.25, -0.2) is 8.78 Å². The van der Waals surface area contributed by atoms with Gasteiger partial charge in [0.1, 0.15) is 11.6 Å². The minimum Gasteiger partial charge on any atom is -0.369 e. The Labute approximate surface area is 134 Å². The van der Waals surface area contributed by atoms with E-state index in [0.717, 1.165) is 11.8 Å². The first-order chi connectivity index (χ1) is 10.4. The van der Waals surface area contributed by atoms with Gasteiger partial charge < -0.3 is 15.3 Å². The van der Waals surface area contributed by atoms with Crippen LogP contribution in [0.1, 0.15) is 22.9 Å². The molecule has 0 radical (unpaired) electrons. The van der Waals surface area contributed by atoms with E-state index >= 15 is 0 Å². The highest BCUT2D eigenvalue weighted by atomic mass is 35.5. The second kappa shape index (κ2) is 5.48. The first-order valence-electron chi connectivity index (χ1n) is 6.60. The number of aromatic amines is 1. The molecule has 0 unspecified atom stereocenters. The van der Waals surface area contributed by atoms with E-state index in [2.05, 4.69) is 4.98 Å². The van der Waals surface area contributed by atoms with E-state index in [9.17, 15) is 13.6 Å². The van der Waals surface area contributed by atoms with Gasteiger partial charge in [-0.3, -0.25) is 4.79 Å². The fourth-order valence-corrected chi connectivity index (χ4v) is 3.40. The standard InChI is InChI=1S/C14H12ClF2N3OS/c15-7-1-2-8(16)12(13(7)17)6-3-10-9(4-11(18)21)19-14(22)20(10)5-6/h1-2,6H,3-5H2,(H2,18,21)(H,19,22)/t6-/m1/s1. The van der Waals surface area contributed by atoms with E-state index in [1.165, 1.54) is 6.07 Å². The molecule has 1 atom stereocenters. The maximum absolute atomic E-state index is 14.2. The molecule has 1 aliphatic rings. The average molecular weight is 344 g/mol. The lowest BCUT2D eigenvalue weighted by molar-refractivity contribution is -0.117. The molecule has 2 heterocycles. The zero-order chi connectivity index (χ0) is 16.0. The smallest absolute Gasteiger partial charge is 0.223 e. The van der Waals surface area contributed by atoms with E-state index in [1.807, 2.05) is 0 Å². The van der Waals surface area contributed by atoms with Gasteiger partial charge in [0.05, 0.1) is 11.4 Å². The molecule has 3 N–H and O–H groups in total. The third-order valence-electron chi connectivity index (χ3n) is 3.86. The van der Waals surface area contributed by atoms with Crippen LogP contribution in [0.25, 0.3) is 0 Å².